The Kier molecular flexibility index (Phi) is 2.90. The smallest absolute Gasteiger partial charge is 0.296 e. The van der Waals surface area contributed by atoms with Crippen molar-refractivity contribution >= 4 is 34.3 Å². The van der Waals surface area contributed by atoms with Crippen LogP contribution in [-0.4, -0.2) is 14.8 Å². The van der Waals surface area contributed by atoms with E-state index in [1.165, 1.54) is 22.7 Å². The predicted molar refractivity (Wildman–Crippen MR) is 62.1 cm³/mol. The molecule has 80 valence electrons. The van der Waals surface area contributed by atoms with Crippen LogP contribution in [0.15, 0.2) is 4.79 Å². The molecule has 0 N–H and O–H groups in total. The average Bonchev–Trinajstić information content (AvgIpc) is 2.67. The highest BCUT2D eigenvalue weighted by atomic mass is 35.5. The van der Waals surface area contributed by atoms with E-state index in [1.54, 1.807) is 4.57 Å². The van der Waals surface area contributed by atoms with Crippen molar-refractivity contribution in [2.75, 3.05) is 0 Å². The zero-order valence-corrected chi connectivity index (χ0v) is 10.5. The number of aryl methyl sites for hydroxylation is 1. The largest absolute Gasteiger partial charge is 0.307 e. The fraction of sp³-hybridized carbons (Fsp3) is 0.375. The van der Waals surface area contributed by atoms with Gasteiger partial charge in [-0.15, -0.1) is 10.2 Å². The van der Waals surface area contributed by atoms with E-state index in [9.17, 15) is 4.79 Å². The molecule has 0 saturated carbocycles. The van der Waals surface area contributed by atoms with Gasteiger partial charge in [-0.05, 0) is 25.4 Å². The summed E-state index contributed by atoms with van der Waals surface area (Å²) in [7, 11) is 0. The van der Waals surface area contributed by atoms with Gasteiger partial charge in [-0.25, -0.2) is 0 Å². The first-order valence-electron chi connectivity index (χ1n) is 4.22. The summed E-state index contributed by atoms with van der Waals surface area (Å²) >= 11 is 8.22. The number of thiazole rings is 1. The Hall–Kier alpha value is -0.720. The van der Waals surface area contributed by atoms with Crippen LogP contribution in [0.4, 0.5) is 0 Å². The van der Waals surface area contributed by atoms with Crippen LogP contribution in [0.1, 0.15) is 15.6 Å². The maximum absolute atomic E-state index is 11.6. The molecule has 0 fully saturated rings. The Balaban J connectivity index is 2.36. The molecule has 2 aromatic rings. The maximum atomic E-state index is 11.6. The number of hydrogen-bond acceptors (Lipinski definition) is 5. The van der Waals surface area contributed by atoms with Gasteiger partial charge in [0.05, 0.1) is 6.54 Å². The SMILES string of the molecule is Cc1sc(=O)n(Cc2nnc(Cl)s2)c1C. The van der Waals surface area contributed by atoms with Crippen LogP contribution in [0.3, 0.4) is 0 Å². The van der Waals surface area contributed by atoms with Crippen molar-refractivity contribution in [3.8, 4) is 0 Å². The van der Waals surface area contributed by atoms with Gasteiger partial charge in [0.1, 0.15) is 5.01 Å². The zero-order valence-electron chi connectivity index (χ0n) is 8.15. The average molecular weight is 262 g/mol. The maximum Gasteiger partial charge on any atom is 0.307 e. The minimum atomic E-state index is 0.0383. The van der Waals surface area contributed by atoms with Crippen molar-refractivity contribution in [3.05, 3.63) is 29.7 Å². The van der Waals surface area contributed by atoms with Crippen molar-refractivity contribution in [1.82, 2.24) is 14.8 Å². The van der Waals surface area contributed by atoms with Gasteiger partial charge in [-0.3, -0.25) is 9.36 Å². The summed E-state index contributed by atoms with van der Waals surface area (Å²) < 4.78 is 2.10. The number of nitrogens with zero attached hydrogens (tertiary/aromatic N) is 3. The fourth-order valence-corrected chi connectivity index (χ4v) is 2.89. The van der Waals surface area contributed by atoms with Gasteiger partial charge < -0.3 is 0 Å². The van der Waals surface area contributed by atoms with Gasteiger partial charge in [0.25, 0.3) is 0 Å². The Morgan fingerprint density at radius 3 is 2.53 bits per heavy atom. The molecule has 0 spiro atoms. The summed E-state index contributed by atoms with van der Waals surface area (Å²) in [6.07, 6.45) is 0. The van der Waals surface area contributed by atoms with E-state index in [0.29, 0.717) is 11.0 Å². The molecule has 0 aromatic carbocycles. The van der Waals surface area contributed by atoms with Crippen LogP contribution in [-0.2, 0) is 6.54 Å². The Labute approximate surface area is 99.2 Å². The monoisotopic (exact) mass is 261 g/mol. The predicted octanol–water partition coefficient (Wildman–Crippen LogP) is 2.08. The van der Waals surface area contributed by atoms with Crippen molar-refractivity contribution in [3.63, 3.8) is 0 Å². The number of halogens is 1. The molecule has 0 amide bonds. The van der Waals surface area contributed by atoms with E-state index < -0.39 is 0 Å². The summed E-state index contributed by atoms with van der Waals surface area (Å²) in [6.45, 7) is 4.32. The van der Waals surface area contributed by atoms with Crippen LogP contribution in [0.2, 0.25) is 4.47 Å². The molecular formula is C8H8ClN3OS2. The van der Waals surface area contributed by atoms with Gasteiger partial charge in [-0.2, -0.15) is 0 Å². The molecule has 4 nitrogen and oxygen atoms in total. The standard InChI is InChI=1S/C8H8ClN3OS2/c1-4-5(2)14-8(13)12(4)3-6-10-11-7(9)15-6/h3H2,1-2H3. The van der Waals surface area contributed by atoms with E-state index in [4.69, 9.17) is 11.6 Å². The number of hydrogen-bond donors (Lipinski definition) is 0. The molecule has 0 aliphatic rings. The lowest BCUT2D eigenvalue weighted by molar-refractivity contribution is 0.737. The number of aromatic nitrogens is 3. The van der Waals surface area contributed by atoms with Gasteiger partial charge in [-0.1, -0.05) is 22.7 Å². The molecular weight excluding hydrogens is 254 g/mol. The summed E-state index contributed by atoms with van der Waals surface area (Å²) in [6, 6.07) is 0. The highest BCUT2D eigenvalue weighted by Crippen LogP contribution is 2.17. The molecule has 0 aliphatic heterocycles. The minimum absolute atomic E-state index is 0.0383. The lowest BCUT2D eigenvalue weighted by Crippen LogP contribution is -2.15. The topological polar surface area (TPSA) is 47.8 Å². The zero-order chi connectivity index (χ0) is 11.0. The molecule has 0 radical (unpaired) electrons. The van der Waals surface area contributed by atoms with Crippen LogP contribution < -0.4 is 4.87 Å². The third kappa shape index (κ3) is 2.11. The third-order valence-electron chi connectivity index (χ3n) is 2.11. The van der Waals surface area contributed by atoms with E-state index in [1.807, 2.05) is 13.8 Å². The second-order valence-electron chi connectivity index (χ2n) is 3.04. The van der Waals surface area contributed by atoms with Crippen LogP contribution in [0.5, 0.6) is 0 Å². The summed E-state index contributed by atoms with van der Waals surface area (Å²) in [4.78, 5) is 12.7. The van der Waals surface area contributed by atoms with E-state index >= 15 is 0 Å². The first-order valence-corrected chi connectivity index (χ1v) is 6.23. The van der Waals surface area contributed by atoms with Crippen molar-refractivity contribution < 1.29 is 0 Å². The lowest BCUT2D eigenvalue weighted by Gasteiger charge is -2.00. The molecule has 15 heavy (non-hydrogen) atoms. The van der Waals surface area contributed by atoms with Crippen LogP contribution in [0.25, 0.3) is 0 Å². The second kappa shape index (κ2) is 4.03. The van der Waals surface area contributed by atoms with E-state index in [0.717, 1.165) is 15.6 Å². The van der Waals surface area contributed by atoms with Crippen molar-refractivity contribution in [2.24, 2.45) is 0 Å². The van der Waals surface area contributed by atoms with E-state index in [2.05, 4.69) is 10.2 Å². The molecule has 0 atom stereocenters. The summed E-state index contributed by atoms with van der Waals surface area (Å²) in [5.41, 5.74) is 0.983. The first-order chi connectivity index (χ1) is 7.08. The first kappa shape index (κ1) is 10.8. The fourth-order valence-electron chi connectivity index (χ4n) is 1.20. The van der Waals surface area contributed by atoms with Gasteiger partial charge in [0, 0.05) is 10.6 Å². The van der Waals surface area contributed by atoms with Crippen molar-refractivity contribution in [2.45, 2.75) is 20.4 Å². The minimum Gasteiger partial charge on any atom is -0.296 e. The quantitative estimate of drug-likeness (QED) is 0.832. The Morgan fingerprint density at radius 1 is 1.33 bits per heavy atom. The molecule has 2 rings (SSSR count). The van der Waals surface area contributed by atoms with Crippen molar-refractivity contribution in [1.29, 1.82) is 0 Å². The summed E-state index contributed by atoms with van der Waals surface area (Å²) in [5, 5.41) is 8.34. The van der Waals surface area contributed by atoms with Gasteiger partial charge in [0.15, 0.2) is 0 Å². The van der Waals surface area contributed by atoms with Gasteiger partial charge >= 0.3 is 4.87 Å². The third-order valence-corrected chi connectivity index (χ3v) is 4.11. The molecule has 0 unspecified atom stereocenters. The molecule has 2 aromatic heterocycles. The molecule has 0 aliphatic carbocycles. The Bertz CT molecular complexity index is 542. The summed E-state index contributed by atoms with van der Waals surface area (Å²) in [5.74, 6) is 0. The Morgan fingerprint density at radius 2 is 2.07 bits per heavy atom. The normalized spacial score (nSPS) is 10.9. The molecule has 7 heteroatoms. The second-order valence-corrected chi connectivity index (χ2v) is 5.85. The highest BCUT2D eigenvalue weighted by Gasteiger charge is 2.10. The van der Waals surface area contributed by atoms with Crippen LogP contribution >= 0.6 is 34.3 Å². The molecule has 0 bridgehead atoms. The number of rotatable bonds is 2. The van der Waals surface area contributed by atoms with Gasteiger partial charge in [0.2, 0.25) is 4.47 Å². The van der Waals surface area contributed by atoms with E-state index in [-0.39, 0.29) is 4.87 Å². The lowest BCUT2D eigenvalue weighted by atomic mass is 10.4. The molecule has 2 heterocycles. The highest BCUT2D eigenvalue weighted by molar-refractivity contribution is 7.15. The molecule has 0 saturated heterocycles. The van der Waals surface area contributed by atoms with Crippen LogP contribution in [0, 0.1) is 13.8 Å².